The highest BCUT2D eigenvalue weighted by Crippen LogP contribution is 2.52. The van der Waals surface area contributed by atoms with Crippen LogP contribution in [0.1, 0.15) is 55.5 Å². The van der Waals surface area contributed by atoms with E-state index in [0.717, 1.165) is 0 Å². The second-order valence-corrected chi connectivity index (χ2v) is 14.8. The summed E-state index contributed by atoms with van der Waals surface area (Å²) in [7, 11) is -2.54. The minimum atomic E-state index is -2.54. The molecule has 170 valence electrons. The molecule has 2 unspecified atom stereocenters. The Hall–Kier alpha value is -2.64. The predicted octanol–water partition coefficient (Wildman–Crippen LogP) is 6.76. The molecule has 1 heteroatoms. The van der Waals surface area contributed by atoms with Crippen LogP contribution in [0.25, 0.3) is 0 Å². The molecule has 3 aromatic carbocycles. The van der Waals surface area contributed by atoms with Gasteiger partial charge >= 0.3 is 0 Å². The van der Waals surface area contributed by atoms with E-state index in [9.17, 15) is 0 Å². The van der Waals surface area contributed by atoms with Crippen molar-refractivity contribution in [2.75, 3.05) is 0 Å². The summed E-state index contributed by atoms with van der Waals surface area (Å²) in [6, 6.07) is 23.7. The first-order valence-electron chi connectivity index (χ1n) is 12.1. The standard InChI is InChI=1S/C32H38Si/c1-21-15-22(2)17-30(16-21)33(29-13-11-10-12-14-29,31-18-23(3)26(6)24(4)19-31)32(9)20-25(5)27(7)28(32)8/h10-20H,1-9H3. The molecule has 0 nitrogen and oxygen atoms in total. The van der Waals surface area contributed by atoms with Gasteiger partial charge < -0.3 is 0 Å². The van der Waals surface area contributed by atoms with Gasteiger partial charge in [0, 0.05) is 5.04 Å². The van der Waals surface area contributed by atoms with E-state index in [2.05, 4.69) is 129 Å². The molecule has 2 atom stereocenters. The average molecular weight is 451 g/mol. The van der Waals surface area contributed by atoms with Gasteiger partial charge in [0.15, 0.2) is 8.07 Å². The number of hydrogen-bond acceptors (Lipinski definition) is 0. The predicted molar refractivity (Wildman–Crippen MR) is 148 cm³/mol. The minimum Gasteiger partial charge on any atom is -0.0730 e. The second kappa shape index (κ2) is 8.29. The monoisotopic (exact) mass is 450 g/mol. The Morgan fingerprint density at radius 1 is 0.606 bits per heavy atom. The van der Waals surface area contributed by atoms with E-state index in [-0.39, 0.29) is 5.04 Å². The van der Waals surface area contributed by atoms with Gasteiger partial charge in [0.25, 0.3) is 0 Å². The van der Waals surface area contributed by atoms with E-state index >= 15 is 0 Å². The van der Waals surface area contributed by atoms with Crippen molar-refractivity contribution in [2.45, 2.75) is 67.4 Å². The highest BCUT2D eigenvalue weighted by molar-refractivity contribution is 7.14. The summed E-state index contributed by atoms with van der Waals surface area (Å²) in [5.74, 6) is 0. The van der Waals surface area contributed by atoms with E-state index in [0.29, 0.717) is 0 Å². The van der Waals surface area contributed by atoms with Gasteiger partial charge in [-0.15, -0.1) is 0 Å². The van der Waals surface area contributed by atoms with Crippen LogP contribution in [0.4, 0.5) is 0 Å². The largest absolute Gasteiger partial charge is 0.161 e. The molecule has 0 fully saturated rings. The lowest BCUT2D eigenvalue weighted by Crippen LogP contribution is -2.73. The topological polar surface area (TPSA) is 0 Å². The molecule has 4 rings (SSSR count). The third-order valence-corrected chi connectivity index (χ3v) is 14.0. The molecule has 0 saturated carbocycles. The van der Waals surface area contributed by atoms with Crippen molar-refractivity contribution >= 4 is 23.6 Å². The molecule has 0 amide bonds. The van der Waals surface area contributed by atoms with Gasteiger partial charge in [-0.2, -0.15) is 0 Å². The van der Waals surface area contributed by atoms with Crippen molar-refractivity contribution in [1.29, 1.82) is 0 Å². The summed E-state index contributed by atoms with van der Waals surface area (Å²) in [5, 5.41) is 4.45. The van der Waals surface area contributed by atoms with E-state index in [1.807, 2.05) is 0 Å². The molecule has 0 radical (unpaired) electrons. The zero-order chi connectivity index (χ0) is 24.1. The Bertz CT molecular complexity index is 1250. The first kappa shape index (κ1) is 23.5. The van der Waals surface area contributed by atoms with Crippen LogP contribution in [0, 0.1) is 34.6 Å². The quantitative estimate of drug-likeness (QED) is 0.304. The Kier molecular flexibility index (Phi) is 5.91. The van der Waals surface area contributed by atoms with Crippen LogP contribution in [-0.2, 0) is 0 Å². The molecule has 0 aliphatic heterocycles. The molecule has 0 heterocycles. The molecule has 3 aromatic rings. The smallest absolute Gasteiger partial charge is 0.0730 e. The molecule has 0 saturated heterocycles. The molecular formula is C32H38Si. The van der Waals surface area contributed by atoms with Crippen molar-refractivity contribution < 1.29 is 0 Å². The minimum absolute atomic E-state index is 0.0586. The Morgan fingerprint density at radius 3 is 1.61 bits per heavy atom. The van der Waals surface area contributed by atoms with Crippen LogP contribution in [0.15, 0.2) is 83.5 Å². The maximum atomic E-state index is 2.60. The van der Waals surface area contributed by atoms with E-state index in [4.69, 9.17) is 0 Å². The first-order valence-corrected chi connectivity index (χ1v) is 14.1. The lowest BCUT2D eigenvalue weighted by molar-refractivity contribution is 0.870. The summed E-state index contributed by atoms with van der Waals surface area (Å²) in [5.41, 5.74) is 11.3. The second-order valence-electron chi connectivity index (χ2n) is 10.5. The van der Waals surface area contributed by atoms with Crippen LogP contribution in [0.5, 0.6) is 0 Å². The van der Waals surface area contributed by atoms with Gasteiger partial charge in [0.05, 0.1) is 0 Å². The van der Waals surface area contributed by atoms with Crippen LogP contribution in [-0.4, -0.2) is 8.07 Å². The summed E-state index contributed by atoms with van der Waals surface area (Å²) in [6.45, 7) is 20.8. The summed E-state index contributed by atoms with van der Waals surface area (Å²) in [6.07, 6.45) is 2.60. The van der Waals surface area contributed by atoms with Crippen LogP contribution in [0.2, 0.25) is 5.04 Å². The maximum Gasteiger partial charge on any atom is 0.161 e. The average Bonchev–Trinajstić information content (AvgIpc) is 2.96. The molecular weight excluding hydrogens is 412 g/mol. The van der Waals surface area contributed by atoms with Gasteiger partial charge in [-0.25, -0.2) is 0 Å². The lowest BCUT2D eigenvalue weighted by Gasteiger charge is -2.47. The lowest BCUT2D eigenvalue weighted by atomic mass is 10.0. The molecule has 0 aromatic heterocycles. The van der Waals surface area contributed by atoms with Crippen LogP contribution >= 0.6 is 0 Å². The van der Waals surface area contributed by atoms with Gasteiger partial charge in [0.1, 0.15) is 0 Å². The Morgan fingerprint density at radius 2 is 1.12 bits per heavy atom. The fraction of sp³-hybridized carbons (Fsp3) is 0.312. The van der Waals surface area contributed by atoms with Gasteiger partial charge in [-0.3, -0.25) is 0 Å². The van der Waals surface area contributed by atoms with Crippen LogP contribution < -0.4 is 15.6 Å². The number of rotatable bonds is 4. The summed E-state index contributed by atoms with van der Waals surface area (Å²) >= 11 is 0. The molecule has 1 aliphatic carbocycles. The molecule has 0 bridgehead atoms. The SMILES string of the molecule is CC1=CC(C)([Si](c2ccccc2)(c2cc(C)cc(C)c2)c2cc(C)c(C)c(C)c2)C(C)=C1C. The van der Waals surface area contributed by atoms with Crippen molar-refractivity contribution in [3.8, 4) is 0 Å². The first-order chi connectivity index (χ1) is 15.5. The fourth-order valence-corrected chi connectivity index (χ4v) is 12.7. The highest BCUT2D eigenvalue weighted by atomic mass is 28.3. The number of aryl methyl sites for hydroxylation is 4. The third-order valence-electron chi connectivity index (χ3n) is 8.44. The van der Waals surface area contributed by atoms with E-state index in [1.54, 1.807) is 0 Å². The zero-order valence-corrected chi connectivity index (χ0v) is 22.9. The van der Waals surface area contributed by atoms with Gasteiger partial charge in [-0.05, 0) is 93.2 Å². The normalized spacial score (nSPS) is 20.1. The Balaban J connectivity index is 2.27. The summed E-state index contributed by atoms with van der Waals surface area (Å²) < 4.78 is 0. The van der Waals surface area contributed by atoms with E-state index in [1.165, 1.54) is 60.1 Å². The van der Waals surface area contributed by atoms with E-state index < -0.39 is 8.07 Å². The maximum absolute atomic E-state index is 2.60. The Labute approximate surface area is 202 Å². The summed E-state index contributed by atoms with van der Waals surface area (Å²) in [4.78, 5) is 0. The molecule has 1 aliphatic rings. The molecule has 33 heavy (non-hydrogen) atoms. The highest BCUT2D eigenvalue weighted by Gasteiger charge is 2.56. The number of allylic oxidation sites excluding steroid dienone is 4. The molecule has 0 N–H and O–H groups in total. The fourth-order valence-electron chi connectivity index (χ4n) is 6.26. The number of hydrogen-bond donors (Lipinski definition) is 0. The third kappa shape index (κ3) is 3.49. The van der Waals surface area contributed by atoms with Gasteiger partial charge in [0.2, 0.25) is 0 Å². The van der Waals surface area contributed by atoms with Gasteiger partial charge in [-0.1, -0.05) is 95.9 Å². The van der Waals surface area contributed by atoms with Crippen molar-refractivity contribution in [3.05, 3.63) is 111 Å². The number of benzene rings is 3. The van der Waals surface area contributed by atoms with Crippen molar-refractivity contribution in [2.24, 2.45) is 0 Å². The molecule has 0 spiro atoms. The van der Waals surface area contributed by atoms with Crippen molar-refractivity contribution in [3.63, 3.8) is 0 Å². The van der Waals surface area contributed by atoms with Crippen LogP contribution in [0.3, 0.4) is 0 Å². The van der Waals surface area contributed by atoms with Crippen molar-refractivity contribution in [1.82, 2.24) is 0 Å². The zero-order valence-electron chi connectivity index (χ0n) is 21.9.